The quantitative estimate of drug-likeness (QED) is 0.574. The number of likely N-dealkylation sites (N-methyl/N-ethyl adjacent to an activating group) is 1. The molecule has 0 spiro atoms. The minimum absolute atomic E-state index is 0.122. The summed E-state index contributed by atoms with van der Waals surface area (Å²) in [7, 11) is 3.97. The van der Waals surface area contributed by atoms with E-state index in [1.807, 2.05) is 31.1 Å². The monoisotopic (exact) mass is 250 g/mol. The fourth-order valence-corrected chi connectivity index (χ4v) is 1.30. The normalized spacial score (nSPS) is 11.7. The van der Waals surface area contributed by atoms with Crippen molar-refractivity contribution in [3.8, 4) is 5.75 Å². The third-order valence-electron chi connectivity index (χ3n) is 2.35. The first-order valence-electron chi connectivity index (χ1n) is 5.69. The van der Waals surface area contributed by atoms with E-state index in [0.29, 0.717) is 6.61 Å². The fraction of sp³-hybridized carbons (Fsp3) is 0.385. The van der Waals surface area contributed by atoms with E-state index < -0.39 is 4.92 Å². The number of hydrogen-bond acceptors (Lipinski definition) is 4. The first-order chi connectivity index (χ1) is 8.49. The lowest BCUT2D eigenvalue weighted by molar-refractivity contribution is -0.422. The van der Waals surface area contributed by atoms with Crippen molar-refractivity contribution in [2.75, 3.05) is 27.2 Å². The molecule has 0 bridgehead atoms. The van der Waals surface area contributed by atoms with Crippen molar-refractivity contribution in [2.24, 2.45) is 0 Å². The smallest absolute Gasteiger partial charge is 0.243 e. The molecule has 0 radical (unpaired) electrons. The Bertz CT molecular complexity index is 424. The van der Waals surface area contributed by atoms with E-state index in [2.05, 4.69) is 0 Å². The van der Waals surface area contributed by atoms with Crippen LogP contribution in [0.5, 0.6) is 5.75 Å². The highest BCUT2D eigenvalue weighted by atomic mass is 16.6. The lowest BCUT2D eigenvalue weighted by Crippen LogP contribution is -2.19. The summed E-state index contributed by atoms with van der Waals surface area (Å²) in [5, 5.41) is 10.5. The lowest BCUT2D eigenvalue weighted by Gasteiger charge is -2.10. The summed E-state index contributed by atoms with van der Waals surface area (Å²) >= 11 is 0. The maximum atomic E-state index is 10.5. The number of hydrogen-bond donors (Lipinski definition) is 0. The average molecular weight is 250 g/mol. The second-order valence-electron chi connectivity index (χ2n) is 4.26. The summed E-state index contributed by atoms with van der Waals surface area (Å²) in [6.07, 6.45) is 1.53. The standard InChI is InChI=1S/C13H18N2O3/c1-11(15(16)17)10-12-4-6-13(7-5-12)18-9-8-14(2)3/h4-7,10H,8-9H2,1-3H3/b11-10-. The number of nitrogens with zero attached hydrogens (tertiary/aromatic N) is 2. The number of ether oxygens (including phenoxy) is 1. The molecule has 0 unspecified atom stereocenters. The highest BCUT2D eigenvalue weighted by Gasteiger charge is 2.02. The Balaban J connectivity index is 2.58. The van der Waals surface area contributed by atoms with E-state index in [1.165, 1.54) is 13.0 Å². The summed E-state index contributed by atoms with van der Waals surface area (Å²) in [4.78, 5) is 12.1. The molecule has 0 aliphatic rings. The van der Waals surface area contributed by atoms with E-state index in [9.17, 15) is 10.1 Å². The van der Waals surface area contributed by atoms with Gasteiger partial charge in [0.15, 0.2) is 0 Å². The van der Waals surface area contributed by atoms with Gasteiger partial charge in [-0.2, -0.15) is 0 Å². The minimum Gasteiger partial charge on any atom is -0.492 e. The van der Waals surface area contributed by atoms with Crippen LogP contribution in [0.4, 0.5) is 0 Å². The molecule has 0 aromatic heterocycles. The second kappa shape index (κ2) is 6.76. The van der Waals surface area contributed by atoms with Gasteiger partial charge < -0.3 is 9.64 Å². The number of rotatable bonds is 6. The predicted octanol–water partition coefficient (Wildman–Crippen LogP) is 2.26. The van der Waals surface area contributed by atoms with E-state index in [1.54, 1.807) is 12.1 Å². The molecule has 0 aliphatic carbocycles. The van der Waals surface area contributed by atoms with Crippen LogP contribution in [0, 0.1) is 10.1 Å². The van der Waals surface area contributed by atoms with Crippen LogP contribution in [0.2, 0.25) is 0 Å². The van der Waals surface area contributed by atoms with Crippen molar-refractivity contribution in [2.45, 2.75) is 6.92 Å². The fourth-order valence-electron chi connectivity index (χ4n) is 1.30. The lowest BCUT2D eigenvalue weighted by atomic mass is 10.2. The van der Waals surface area contributed by atoms with Crippen LogP contribution in [-0.4, -0.2) is 37.1 Å². The van der Waals surface area contributed by atoms with Gasteiger partial charge in [0, 0.05) is 19.5 Å². The van der Waals surface area contributed by atoms with E-state index in [4.69, 9.17) is 4.74 Å². The molecule has 5 nitrogen and oxygen atoms in total. The van der Waals surface area contributed by atoms with Crippen molar-refractivity contribution >= 4 is 6.08 Å². The maximum Gasteiger partial charge on any atom is 0.243 e. The third kappa shape index (κ3) is 4.97. The van der Waals surface area contributed by atoms with Crippen LogP contribution >= 0.6 is 0 Å². The average Bonchev–Trinajstić information content (AvgIpc) is 2.30. The van der Waals surface area contributed by atoms with Gasteiger partial charge in [0.1, 0.15) is 12.4 Å². The molecular weight excluding hydrogens is 232 g/mol. The molecule has 0 saturated heterocycles. The first kappa shape index (κ1) is 14.2. The predicted molar refractivity (Wildman–Crippen MR) is 71.1 cm³/mol. The van der Waals surface area contributed by atoms with Crippen molar-refractivity contribution in [3.05, 3.63) is 45.6 Å². The molecule has 98 valence electrons. The summed E-state index contributed by atoms with van der Waals surface area (Å²) in [6.45, 7) is 2.94. The summed E-state index contributed by atoms with van der Waals surface area (Å²) in [5.74, 6) is 0.771. The Kier molecular flexibility index (Phi) is 5.32. The minimum atomic E-state index is -0.401. The zero-order valence-corrected chi connectivity index (χ0v) is 10.9. The highest BCUT2D eigenvalue weighted by Crippen LogP contribution is 2.14. The number of nitro groups is 1. The Morgan fingerprint density at radius 1 is 1.39 bits per heavy atom. The van der Waals surface area contributed by atoms with Crippen LogP contribution in [0.25, 0.3) is 6.08 Å². The van der Waals surface area contributed by atoms with Crippen LogP contribution < -0.4 is 4.74 Å². The summed E-state index contributed by atoms with van der Waals surface area (Å²) in [5.41, 5.74) is 0.917. The van der Waals surface area contributed by atoms with Crippen molar-refractivity contribution in [1.29, 1.82) is 0 Å². The van der Waals surface area contributed by atoms with Crippen molar-refractivity contribution in [1.82, 2.24) is 4.90 Å². The molecule has 0 atom stereocenters. The van der Waals surface area contributed by atoms with E-state index >= 15 is 0 Å². The Morgan fingerprint density at radius 3 is 2.50 bits per heavy atom. The number of allylic oxidation sites excluding steroid dienone is 1. The van der Waals surface area contributed by atoms with Gasteiger partial charge in [-0.1, -0.05) is 12.1 Å². The number of benzene rings is 1. The van der Waals surface area contributed by atoms with Gasteiger partial charge in [0.25, 0.3) is 0 Å². The van der Waals surface area contributed by atoms with Gasteiger partial charge in [-0.05, 0) is 31.8 Å². The SMILES string of the molecule is C/C(=C/c1ccc(OCCN(C)C)cc1)[N+](=O)[O-]. The Labute approximate surface area is 107 Å². The van der Waals surface area contributed by atoms with Gasteiger partial charge in [-0.15, -0.1) is 0 Å². The van der Waals surface area contributed by atoms with Crippen LogP contribution in [0.15, 0.2) is 30.0 Å². The molecule has 5 heteroatoms. The molecule has 1 aromatic carbocycles. The molecular formula is C13H18N2O3. The van der Waals surface area contributed by atoms with Crippen molar-refractivity contribution in [3.63, 3.8) is 0 Å². The Morgan fingerprint density at radius 2 is 2.00 bits per heavy atom. The topological polar surface area (TPSA) is 55.6 Å². The molecule has 0 saturated carbocycles. The molecule has 0 heterocycles. The molecule has 18 heavy (non-hydrogen) atoms. The van der Waals surface area contributed by atoms with Crippen molar-refractivity contribution < 1.29 is 9.66 Å². The third-order valence-corrected chi connectivity index (χ3v) is 2.35. The Hall–Kier alpha value is -1.88. The van der Waals surface area contributed by atoms with Crippen LogP contribution in [0.1, 0.15) is 12.5 Å². The molecule has 0 amide bonds. The molecule has 1 aromatic rings. The molecule has 0 N–H and O–H groups in total. The van der Waals surface area contributed by atoms with Gasteiger partial charge in [0.2, 0.25) is 5.70 Å². The first-order valence-corrected chi connectivity index (χ1v) is 5.69. The molecule has 1 rings (SSSR count). The molecule has 0 fully saturated rings. The summed E-state index contributed by atoms with van der Waals surface area (Å²) in [6, 6.07) is 7.24. The largest absolute Gasteiger partial charge is 0.492 e. The van der Waals surface area contributed by atoms with Gasteiger partial charge in [-0.3, -0.25) is 10.1 Å². The highest BCUT2D eigenvalue weighted by molar-refractivity contribution is 5.51. The van der Waals surface area contributed by atoms with E-state index in [-0.39, 0.29) is 5.70 Å². The summed E-state index contributed by atoms with van der Waals surface area (Å²) < 4.78 is 5.53. The molecule has 0 aliphatic heterocycles. The van der Waals surface area contributed by atoms with Gasteiger partial charge in [-0.25, -0.2) is 0 Å². The van der Waals surface area contributed by atoms with Crippen LogP contribution in [0.3, 0.4) is 0 Å². The second-order valence-corrected chi connectivity index (χ2v) is 4.26. The zero-order chi connectivity index (χ0) is 13.5. The van der Waals surface area contributed by atoms with Crippen LogP contribution in [-0.2, 0) is 0 Å². The maximum absolute atomic E-state index is 10.5. The van der Waals surface area contributed by atoms with Gasteiger partial charge in [0.05, 0.1) is 4.92 Å². The zero-order valence-electron chi connectivity index (χ0n) is 10.9. The van der Waals surface area contributed by atoms with E-state index in [0.717, 1.165) is 17.9 Å². The van der Waals surface area contributed by atoms with Gasteiger partial charge >= 0.3 is 0 Å².